The Labute approximate surface area is 122 Å². The van der Waals surface area contributed by atoms with E-state index in [9.17, 15) is 9.59 Å². The monoisotopic (exact) mass is 287 g/mol. The lowest BCUT2D eigenvalue weighted by Gasteiger charge is -2.27. The molecule has 1 aromatic carbocycles. The Kier molecular flexibility index (Phi) is 3.51. The van der Waals surface area contributed by atoms with Crippen molar-refractivity contribution in [3.05, 3.63) is 39.7 Å². The maximum Gasteiger partial charge on any atom is 0.341 e. The van der Waals surface area contributed by atoms with Gasteiger partial charge in [-0.25, -0.2) is 4.79 Å². The second-order valence-corrected chi connectivity index (χ2v) is 5.37. The molecule has 0 bridgehead atoms. The highest BCUT2D eigenvalue weighted by molar-refractivity contribution is 5.83. The summed E-state index contributed by atoms with van der Waals surface area (Å²) in [5, 5.41) is 0.952. The third-order valence-electron chi connectivity index (χ3n) is 3.83. The highest BCUT2D eigenvalue weighted by Gasteiger charge is 2.23. The van der Waals surface area contributed by atoms with Crippen LogP contribution in [0.1, 0.15) is 18.1 Å². The predicted molar refractivity (Wildman–Crippen MR) is 78.7 cm³/mol. The zero-order chi connectivity index (χ0) is 15.0. The second kappa shape index (κ2) is 5.33. The van der Waals surface area contributed by atoms with E-state index in [2.05, 4.69) is 0 Å². The molecule has 0 unspecified atom stereocenters. The molecule has 5 nitrogen and oxygen atoms in total. The number of rotatable bonds is 3. The topological polar surface area (TPSA) is 59.8 Å². The number of carbonyl (C=O) groups excluding carboxylic acids is 1. The van der Waals surface area contributed by atoms with Gasteiger partial charge in [-0.2, -0.15) is 0 Å². The van der Waals surface area contributed by atoms with Crippen molar-refractivity contribution in [1.82, 2.24) is 4.90 Å². The van der Waals surface area contributed by atoms with Crippen LogP contribution in [0.4, 0.5) is 0 Å². The molecule has 5 heteroatoms. The van der Waals surface area contributed by atoms with Crippen LogP contribution in [0.25, 0.3) is 11.0 Å². The van der Waals surface area contributed by atoms with Gasteiger partial charge in [0.1, 0.15) is 17.1 Å². The lowest BCUT2D eigenvalue weighted by Crippen LogP contribution is -2.36. The molecule has 3 rings (SSSR count). The maximum atomic E-state index is 12.2. The minimum atomic E-state index is -0.320. The van der Waals surface area contributed by atoms with Crippen LogP contribution in [-0.4, -0.2) is 30.9 Å². The Hall–Kier alpha value is -2.14. The van der Waals surface area contributed by atoms with E-state index in [0.717, 1.165) is 23.9 Å². The average molecular weight is 287 g/mol. The molecule has 2 heterocycles. The Bertz CT molecular complexity index is 763. The maximum absolute atomic E-state index is 12.2. The van der Waals surface area contributed by atoms with Crippen LogP contribution in [-0.2, 0) is 17.8 Å². The van der Waals surface area contributed by atoms with E-state index in [-0.39, 0.29) is 11.4 Å². The summed E-state index contributed by atoms with van der Waals surface area (Å²) in [5.74, 6) is 0.771. The third kappa shape index (κ3) is 2.56. The number of benzene rings is 1. The highest BCUT2D eigenvalue weighted by Crippen LogP contribution is 2.27. The number of ketones is 1. The van der Waals surface area contributed by atoms with Gasteiger partial charge in [0.2, 0.25) is 0 Å². The van der Waals surface area contributed by atoms with Gasteiger partial charge < -0.3 is 9.15 Å². The number of ether oxygens (including phenoxy) is 1. The zero-order valence-corrected chi connectivity index (χ0v) is 12.1. The molecule has 2 aromatic rings. The number of hydrogen-bond acceptors (Lipinski definition) is 5. The van der Waals surface area contributed by atoms with Crippen LogP contribution in [0.3, 0.4) is 0 Å². The van der Waals surface area contributed by atoms with Crippen molar-refractivity contribution in [2.45, 2.75) is 19.9 Å². The molecular weight excluding hydrogens is 270 g/mol. The summed E-state index contributed by atoms with van der Waals surface area (Å²) in [6.45, 7) is 3.18. The standard InChI is InChI=1S/C16H17NO4/c1-10(18)8-17-6-5-12-13-4-3-11(20-2)7-15(13)21-16(19)14(12)9-17/h3-4,7H,5-6,8-9H2,1-2H3. The molecule has 110 valence electrons. The summed E-state index contributed by atoms with van der Waals surface area (Å²) >= 11 is 0. The van der Waals surface area contributed by atoms with E-state index >= 15 is 0 Å². The van der Waals surface area contributed by atoms with Crippen molar-refractivity contribution in [3.8, 4) is 5.75 Å². The molecule has 0 fully saturated rings. The quantitative estimate of drug-likeness (QED) is 0.805. The number of nitrogens with zero attached hydrogens (tertiary/aromatic N) is 1. The molecule has 0 atom stereocenters. The van der Waals surface area contributed by atoms with Gasteiger partial charge in [-0.3, -0.25) is 9.69 Å². The minimum absolute atomic E-state index is 0.105. The molecule has 1 aromatic heterocycles. The zero-order valence-electron chi connectivity index (χ0n) is 12.1. The van der Waals surface area contributed by atoms with Gasteiger partial charge in [-0.05, 0) is 31.0 Å². The molecule has 0 saturated carbocycles. The molecule has 0 N–H and O–H groups in total. The van der Waals surface area contributed by atoms with E-state index in [4.69, 9.17) is 9.15 Å². The van der Waals surface area contributed by atoms with Crippen molar-refractivity contribution in [3.63, 3.8) is 0 Å². The molecular formula is C16H17NO4. The Morgan fingerprint density at radius 3 is 2.90 bits per heavy atom. The molecule has 21 heavy (non-hydrogen) atoms. The lowest BCUT2D eigenvalue weighted by molar-refractivity contribution is -0.118. The van der Waals surface area contributed by atoms with Gasteiger partial charge >= 0.3 is 5.63 Å². The van der Waals surface area contributed by atoms with Gasteiger partial charge in [-0.15, -0.1) is 0 Å². The summed E-state index contributed by atoms with van der Waals surface area (Å²) in [6.07, 6.45) is 0.747. The molecule has 0 amide bonds. The first-order valence-corrected chi connectivity index (χ1v) is 6.93. The van der Waals surface area contributed by atoms with Crippen molar-refractivity contribution in [2.24, 2.45) is 0 Å². The fraction of sp³-hybridized carbons (Fsp3) is 0.375. The molecule has 1 aliphatic rings. The van der Waals surface area contributed by atoms with Crippen molar-refractivity contribution in [1.29, 1.82) is 0 Å². The van der Waals surface area contributed by atoms with E-state index in [0.29, 0.717) is 30.0 Å². The van der Waals surface area contributed by atoms with E-state index < -0.39 is 0 Å². The fourth-order valence-corrected chi connectivity index (χ4v) is 2.88. The summed E-state index contributed by atoms with van der Waals surface area (Å²) < 4.78 is 10.6. The van der Waals surface area contributed by atoms with E-state index in [1.807, 2.05) is 17.0 Å². The number of carbonyl (C=O) groups is 1. The van der Waals surface area contributed by atoms with Gasteiger partial charge in [0, 0.05) is 24.5 Å². The van der Waals surface area contributed by atoms with Crippen LogP contribution in [0, 0.1) is 0 Å². The summed E-state index contributed by atoms with van der Waals surface area (Å²) in [4.78, 5) is 25.4. The SMILES string of the molecule is COc1ccc2c3c(c(=O)oc2c1)CN(CC(C)=O)CC3. The number of Topliss-reactive ketones (excluding diaryl/α,β-unsaturated/α-hetero) is 1. The highest BCUT2D eigenvalue weighted by atomic mass is 16.5. The van der Waals surface area contributed by atoms with E-state index in [1.54, 1.807) is 20.1 Å². The number of fused-ring (bicyclic) bond motifs is 3. The summed E-state index contributed by atoms with van der Waals surface area (Å²) in [5.41, 5.74) is 1.93. The Morgan fingerprint density at radius 2 is 2.19 bits per heavy atom. The molecule has 1 aliphatic heterocycles. The van der Waals surface area contributed by atoms with Crippen LogP contribution in [0.15, 0.2) is 27.4 Å². The van der Waals surface area contributed by atoms with Crippen LogP contribution in [0.2, 0.25) is 0 Å². The fourth-order valence-electron chi connectivity index (χ4n) is 2.88. The van der Waals surface area contributed by atoms with Gasteiger partial charge in [0.05, 0.1) is 19.2 Å². The first kappa shape index (κ1) is 13.8. The number of hydrogen-bond donors (Lipinski definition) is 0. The van der Waals surface area contributed by atoms with Crippen molar-refractivity contribution >= 4 is 16.8 Å². The van der Waals surface area contributed by atoms with Gasteiger partial charge in [0.25, 0.3) is 0 Å². The predicted octanol–water partition coefficient (Wildman–Crippen LogP) is 1.75. The molecule has 0 aliphatic carbocycles. The summed E-state index contributed by atoms with van der Waals surface area (Å²) in [6, 6.07) is 5.53. The smallest absolute Gasteiger partial charge is 0.341 e. The first-order valence-electron chi connectivity index (χ1n) is 6.93. The average Bonchev–Trinajstić information content (AvgIpc) is 2.46. The van der Waals surface area contributed by atoms with E-state index in [1.165, 1.54) is 0 Å². The van der Waals surface area contributed by atoms with Crippen LogP contribution < -0.4 is 10.4 Å². The van der Waals surface area contributed by atoms with Crippen LogP contribution in [0.5, 0.6) is 5.75 Å². The minimum Gasteiger partial charge on any atom is -0.497 e. The molecule has 0 spiro atoms. The third-order valence-corrected chi connectivity index (χ3v) is 3.83. The van der Waals surface area contributed by atoms with Gasteiger partial charge in [-0.1, -0.05) is 0 Å². The Balaban J connectivity index is 2.07. The van der Waals surface area contributed by atoms with Crippen molar-refractivity contribution < 1.29 is 13.9 Å². The van der Waals surface area contributed by atoms with Crippen molar-refractivity contribution in [2.75, 3.05) is 20.2 Å². The normalized spacial score (nSPS) is 15.0. The number of methoxy groups -OCH3 is 1. The molecule has 0 saturated heterocycles. The summed E-state index contributed by atoms with van der Waals surface area (Å²) in [7, 11) is 1.58. The Morgan fingerprint density at radius 1 is 1.38 bits per heavy atom. The lowest BCUT2D eigenvalue weighted by atomic mass is 9.97. The first-order chi connectivity index (χ1) is 10.1. The van der Waals surface area contributed by atoms with Gasteiger partial charge in [0.15, 0.2) is 0 Å². The second-order valence-electron chi connectivity index (χ2n) is 5.37. The van der Waals surface area contributed by atoms with Crippen LogP contribution >= 0.6 is 0 Å². The largest absolute Gasteiger partial charge is 0.497 e. The molecule has 0 radical (unpaired) electrons.